The predicted octanol–water partition coefficient (Wildman–Crippen LogP) is 0.591. The molecule has 1 aromatic rings. The molecule has 0 bridgehead atoms. The molecular weight excluding hydrogens is 144 g/mol. The number of hydrogen-bond acceptors (Lipinski definition) is 5. The summed E-state index contributed by atoms with van der Waals surface area (Å²) in [6, 6.07) is -0.203. The third-order valence-corrected chi connectivity index (χ3v) is 1.56. The molecule has 0 atom stereocenters. The quantitative estimate of drug-likeness (QED) is 0.589. The lowest BCUT2D eigenvalue weighted by Crippen LogP contribution is -1.70. The van der Waals surface area contributed by atoms with Crippen LogP contribution in [-0.4, -0.2) is 19.8 Å². The molecule has 0 saturated carbocycles. The van der Waals surface area contributed by atoms with Gasteiger partial charge in [0.1, 0.15) is 0 Å². The third kappa shape index (κ3) is 0.988. The van der Waals surface area contributed by atoms with Gasteiger partial charge in [0, 0.05) is 5.37 Å². The molecule has 5 heteroatoms. The van der Waals surface area contributed by atoms with Crippen LogP contribution in [0.4, 0.5) is 0 Å². The van der Waals surface area contributed by atoms with Crippen molar-refractivity contribution in [3.8, 4) is 6.01 Å². The molecule has 3 nitrogen and oxygen atoms in total. The van der Waals surface area contributed by atoms with Crippen LogP contribution in [0.15, 0.2) is 0 Å². The zero-order valence-electron chi connectivity index (χ0n) is 3.74. The second kappa shape index (κ2) is 2.15. The first kappa shape index (κ1) is 5.58. The topological polar surface area (TPSA) is 46.0 Å². The number of nitrogens with zero attached hydrogens (tertiary/aromatic N) is 2. The Balaban J connectivity index is 3.00. The fourth-order valence-corrected chi connectivity index (χ4v) is 0.838. The normalized spacial score (nSPS) is 9.00. The van der Waals surface area contributed by atoms with Crippen LogP contribution in [-0.2, 0) is 0 Å². The largest absolute Gasteiger partial charge is 0.478 e. The Morgan fingerprint density at radius 2 is 2.50 bits per heavy atom. The van der Waals surface area contributed by atoms with E-state index in [1.54, 1.807) is 0 Å². The van der Waals surface area contributed by atoms with E-state index < -0.39 is 0 Å². The van der Waals surface area contributed by atoms with Crippen LogP contribution < -0.4 is 0 Å². The highest BCUT2D eigenvalue weighted by molar-refractivity contribution is 7.79. The summed E-state index contributed by atoms with van der Waals surface area (Å²) >= 11 is 5.58. The summed E-state index contributed by atoms with van der Waals surface area (Å²) in [4.78, 5) is 3.53. The SMILES string of the molecule is Oc1nsc(C=S)n1. The average molecular weight is 146 g/mol. The second-order valence-corrected chi connectivity index (χ2v) is 2.07. The molecule has 1 N–H and O–H groups in total. The summed E-state index contributed by atoms with van der Waals surface area (Å²) < 4.78 is 3.48. The summed E-state index contributed by atoms with van der Waals surface area (Å²) in [5, 5.41) is 10.4. The van der Waals surface area contributed by atoms with Gasteiger partial charge >= 0.3 is 6.01 Å². The van der Waals surface area contributed by atoms with Gasteiger partial charge in [-0.05, 0) is 11.5 Å². The van der Waals surface area contributed by atoms with Crippen molar-refractivity contribution in [1.82, 2.24) is 9.36 Å². The van der Waals surface area contributed by atoms with Gasteiger partial charge in [-0.1, -0.05) is 12.2 Å². The van der Waals surface area contributed by atoms with Gasteiger partial charge in [-0.15, -0.1) is 4.37 Å². The van der Waals surface area contributed by atoms with Gasteiger partial charge in [0.05, 0.1) is 0 Å². The predicted molar refractivity (Wildman–Crippen MR) is 34.3 cm³/mol. The van der Waals surface area contributed by atoms with Crippen LogP contribution in [0.25, 0.3) is 0 Å². The first-order valence-electron chi connectivity index (χ1n) is 1.81. The lowest BCUT2D eigenvalue weighted by molar-refractivity contribution is 0.438. The van der Waals surface area contributed by atoms with Crippen LogP contribution in [0.1, 0.15) is 5.01 Å². The number of aromatic hydroxyl groups is 1. The fraction of sp³-hybridized carbons (Fsp3) is 0. The van der Waals surface area contributed by atoms with Crippen LogP contribution in [0.2, 0.25) is 0 Å². The summed E-state index contributed by atoms with van der Waals surface area (Å²) in [5.41, 5.74) is 0. The van der Waals surface area contributed by atoms with Gasteiger partial charge in [-0.2, -0.15) is 4.98 Å². The molecule has 0 unspecified atom stereocenters. The van der Waals surface area contributed by atoms with E-state index in [1.807, 2.05) is 0 Å². The Bertz CT molecular complexity index is 197. The average Bonchev–Trinajstić information content (AvgIpc) is 2.14. The highest BCUT2D eigenvalue weighted by Crippen LogP contribution is 2.05. The van der Waals surface area contributed by atoms with Gasteiger partial charge < -0.3 is 5.11 Å². The van der Waals surface area contributed by atoms with Crippen molar-refractivity contribution in [3.05, 3.63) is 5.01 Å². The van der Waals surface area contributed by atoms with E-state index in [1.165, 1.54) is 5.37 Å². The first-order valence-corrected chi connectivity index (χ1v) is 3.05. The second-order valence-electron chi connectivity index (χ2n) is 1.05. The minimum absolute atomic E-state index is 0.203. The van der Waals surface area contributed by atoms with Crippen molar-refractivity contribution in [3.63, 3.8) is 0 Å². The lowest BCUT2D eigenvalue weighted by atomic mass is 10.8. The van der Waals surface area contributed by atoms with Crippen molar-refractivity contribution in [2.75, 3.05) is 0 Å². The van der Waals surface area contributed by atoms with Crippen molar-refractivity contribution >= 4 is 29.1 Å². The fourth-order valence-electron chi connectivity index (χ4n) is 0.275. The van der Waals surface area contributed by atoms with Gasteiger partial charge in [-0.3, -0.25) is 0 Å². The van der Waals surface area contributed by atoms with Crippen LogP contribution >= 0.6 is 23.8 Å². The molecule has 0 aliphatic heterocycles. The maximum Gasteiger partial charge on any atom is 0.326 e. The van der Waals surface area contributed by atoms with E-state index in [2.05, 4.69) is 21.6 Å². The molecule has 0 aliphatic carbocycles. The van der Waals surface area contributed by atoms with E-state index in [0.717, 1.165) is 11.5 Å². The molecular formula is C3H2N2OS2. The van der Waals surface area contributed by atoms with E-state index in [0.29, 0.717) is 5.01 Å². The van der Waals surface area contributed by atoms with Crippen LogP contribution in [0.3, 0.4) is 0 Å². The maximum absolute atomic E-state index is 8.51. The van der Waals surface area contributed by atoms with Crippen LogP contribution in [0.5, 0.6) is 6.01 Å². The Kier molecular flexibility index (Phi) is 1.50. The highest BCUT2D eigenvalue weighted by Gasteiger charge is 1.94. The van der Waals surface area contributed by atoms with Gasteiger partial charge in [0.2, 0.25) is 0 Å². The number of aromatic nitrogens is 2. The Morgan fingerprint density at radius 1 is 1.75 bits per heavy atom. The molecule has 0 aromatic carbocycles. The molecule has 0 fully saturated rings. The lowest BCUT2D eigenvalue weighted by Gasteiger charge is -1.69. The van der Waals surface area contributed by atoms with E-state index in [4.69, 9.17) is 5.11 Å². The molecule has 8 heavy (non-hydrogen) atoms. The molecule has 0 radical (unpaired) electrons. The summed E-state index contributed by atoms with van der Waals surface area (Å²) in [6.45, 7) is 0. The van der Waals surface area contributed by atoms with Crippen molar-refractivity contribution < 1.29 is 5.11 Å². The summed E-state index contributed by atoms with van der Waals surface area (Å²) in [5.74, 6) is 0. The van der Waals surface area contributed by atoms with E-state index in [-0.39, 0.29) is 6.01 Å². The summed E-state index contributed by atoms with van der Waals surface area (Å²) in [7, 11) is 0. The monoisotopic (exact) mass is 146 g/mol. The molecule has 1 aromatic heterocycles. The molecule has 0 amide bonds. The zero-order chi connectivity index (χ0) is 5.98. The number of hydrogen-bond donors (Lipinski definition) is 1. The number of rotatable bonds is 1. The van der Waals surface area contributed by atoms with Gasteiger partial charge in [0.25, 0.3) is 0 Å². The van der Waals surface area contributed by atoms with Crippen molar-refractivity contribution in [1.29, 1.82) is 0 Å². The molecule has 42 valence electrons. The van der Waals surface area contributed by atoms with Crippen molar-refractivity contribution in [2.45, 2.75) is 0 Å². The Hall–Kier alpha value is -0.550. The Morgan fingerprint density at radius 3 is 2.75 bits per heavy atom. The van der Waals surface area contributed by atoms with Gasteiger partial charge in [0.15, 0.2) is 5.01 Å². The van der Waals surface area contributed by atoms with E-state index >= 15 is 0 Å². The first-order chi connectivity index (χ1) is 3.83. The van der Waals surface area contributed by atoms with Crippen molar-refractivity contribution in [2.24, 2.45) is 0 Å². The smallest absolute Gasteiger partial charge is 0.326 e. The minimum atomic E-state index is -0.203. The molecule has 0 saturated heterocycles. The minimum Gasteiger partial charge on any atom is -0.478 e. The molecule has 0 aliphatic rings. The molecule has 1 rings (SSSR count). The molecule has 0 spiro atoms. The maximum atomic E-state index is 8.51. The molecule has 1 heterocycles. The summed E-state index contributed by atoms with van der Waals surface area (Å²) in [6.07, 6.45) is 0. The van der Waals surface area contributed by atoms with E-state index in [9.17, 15) is 0 Å². The number of thiocarbonyl (C=S) groups is 1. The standard InChI is InChI=1S/C3H2N2OS2/c6-3-4-2(1-7)8-5-3/h1H,(H,5,6). The highest BCUT2D eigenvalue weighted by atomic mass is 32.1. The third-order valence-electron chi connectivity index (χ3n) is 0.532. The van der Waals surface area contributed by atoms with Crippen LogP contribution in [0, 0.1) is 0 Å². The zero-order valence-corrected chi connectivity index (χ0v) is 5.37. The Labute approximate surface area is 55.2 Å². The van der Waals surface area contributed by atoms with Gasteiger partial charge in [-0.25, -0.2) is 0 Å².